The van der Waals surface area contributed by atoms with Crippen LogP contribution in [0.15, 0.2) is 83.8 Å². The van der Waals surface area contributed by atoms with E-state index in [1.54, 1.807) is 0 Å². The van der Waals surface area contributed by atoms with Crippen molar-refractivity contribution < 1.29 is 76.1 Å². The molecule has 0 saturated heterocycles. The zero-order chi connectivity index (χ0) is 34.1. The van der Waals surface area contributed by atoms with Crippen LogP contribution < -0.4 is 11.5 Å². The van der Waals surface area contributed by atoms with Crippen molar-refractivity contribution in [2.24, 2.45) is 17.4 Å². The van der Waals surface area contributed by atoms with E-state index in [2.05, 4.69) is 19.7 Å². The molecule has 19 heteroatoms. The van der Waals surface area contributed by atoms with Gasteiger partial charge in [-0.2, -0.15) is 65.9 Å². The van der Waals surface area contributed by atoms with Crippen LogP contribution >= 0.6 is 0 Å². The van der Waals surface area contributed by atoms with Crippen LogP contribution in [0.25, 0.3) is 0 Å². The first kappa shape index (κ1) is 38.6. The van der Waals surface area contributed by atoms with Gasteiger partial charge in [0.2, 0.25) is 0 Å². The Bertz CT molecular complexity index is 1140. The molecule has 6 N–H and O–H groups in total. The lowest BCUT2D eigenvalue weighted by Gasteiger charge is -2.35. The van der Waals surface area contributed by atoms with Crippen molar-refractivity contribution in [3.63, 3.8) is 0 Å². The molecule has 0 aromatic rings. The Hall–Kier alpha value is -3.35. The van der Waals surface area contributed by atoms with Crippen molar-refractivity contribution in [1.29, 1.82) is 0 Å². The third kappa shape index (κ3) is 7.16. The van der Waals surface area contributed by atoms with Crippen LogP contribution in [0.4, 0.5) is 65.9 Å². The summed E-state index contributed by atoms with van der Waals surface area (Å²) in [6.07, 6.45) is -34.0. The first-order valence-corrected chi connectivity index (χ1v) is 10.5. The number of allylic oxidation sites excluding steroid dienone is 6. The van der Waals surface area contributed by atoms with Crippen molar-refractivity contribution >= 4 is 0 Å². The van der Waals surface area contributed by atoms with Gasteiger partial charge in [-0.3, -0.25) is 0 Å². The maximum atomic E-state index is 14.2. The van der Waals surface area contributed by atoms with Gasteiger partial charge in [0.15, 0.2) is 0 Å². The van der Waals surface area contributed by atoms with Crippen LogP contribution in [0.2, 0.25) is 0 Å². The minimum Gasteiger partial charge on any atom is -0.402 e. The van der Waals surface area contributed by atoms with E-state index in [1.807, 2.05) is 0 Å². The van der Waals surface area contributed by atoms with Crippen molar-refractivity contribution in [3.05, 3.63) is 83.8 Å². The van der Waals surface area contributed by atoms with Gasteiger partial charge in [0, 0.05) is 22.5 Å². The first-order valence-electron chi connectivity index (χ1n) is 10.5. The van der Waals surface area contributed by atoms with E-state index in [-0.39, 0.29) is 18.2 Å². The molecule has 0 saturated carbocycles. The minimum atomic E-state index is -6.72. The Morgan fingerprint density at radius 3 is 1.07 bits per heavy atom. The number of aliphatic hydroxyl groups is 2. The molecule has 0 aliphatic rings. The van der Waals surface area contributed by atoms with Crippen LogP contribution in [-0.2, 0) is 0 Å². The van der Waals surface area contributed by atoms with Gasteiger partial charge < -0.3 is 21.7 Å². The fraction of sp³-hybridized carbons (Fsp3) is 0.391. The molecule has 1 atom stereocenters. The molecular weight excluding hydrogens is 621 g/mol. The Labute approximate surface area is 227 Å². The van der Waals surface area contributed by atoms with Crippen molar-refractivity contribution in [3.8, 4) is 0 Å². The Morgan fingerprint density at radius 1 is 0.571 bits per heavy atom. The summed E-state index contributed by atoms with van der Waals surface area (Å²) in [7, 11) is 0. The molecule has 1 unspecified atom stereocenters. The highest BCUT2D eigenvalue weighted by atomic mass is 19.4. The average Bonchev–Trinajstić information content (AvgIpc) is 2.77. The highest BCUT2D eigenvalue weighted by Gasteiger charge is 2.73. The lowest BCUT2D eigenvalue weighted by Crippen LogP contribution is -2.58. The zero-order valence-electron chi connectivity index (χ0n) is 20.8. The fourth-order valence-corrected chi connectivity index (χ4v) is 3.37. The van der Waals surface area contributed by atoms with E-state index < -0.39 is 93.8 Å². The molecule has 4 nitrogen and oxygen atoms in total. The molecule has 0 aromatic heterocycles. The van der Waals surface area contributed by atoms with E-state index in [0.717, 1.165) is 0 Å². The summed E-state index contributed by atoms with van der Waals surface area (Å²) in [6, 6.07) is 0. The molecule has 42 heavy (non-hydrogen) atoms. The molecule has 0 aromatic carbocycles. The Morgan fingerprint density at radius 2 is 0.857 bits per heavy atom. The largest absolute Gasteiger partial charge is 0.430 e. The highest BCUT2D eigenvalue weighted by molar-refractivity contribution is 5.50. The van der Waals surface area contributed by atoms with Crippen LogP contribution in [0, 0.1) is 5.92 Å². The predicted molar refractivity (Wildman–Crippen MR) is 119 cm³/mol. The Balaban J connectivity index is 8.16. The van der Waals surface area contributed by atoms with E-state index in [0.29, 0.717) is 6.92 Å². The standard InChI is InChI=1S/C23H21F15N2O2/c1-5-11(8-13(10(4)39)17(41,20(27,28)29)21(30,31)32)16(19(24,25)26)12(6-2)9-14(15(40)7-3)18(42,22(33,34)35)23(36,37)38/h5-9,16,41-42H,1-3,39-40H2,4H3/b11-8+,12-9+,13-10-,15-14-. The molecule has 0 amide bonds. The van der Waals surface area contributed by atoms with Gasteiger partial charge in [-0.15, -0.1) is 0 Å². The van der Waals surface area contributed by atoms with E-state index in [4.69, 9.17) is 11.5 Å². The van der Waals surface area contributed by atoms with Crippen LogP contribution in [0.1, 0.15) is 6.92 Å². The molecule has 0 spiro atoms. The lowest BCUT2D eigenvalue weighted by molar-refractivity contribution is -0.351. The van der Waals surface area contributed by atoms with Crippen LogP contribution in [0.5, 0.6) is 0 Å². The number of alkyl halides is 15. The highest BCUT2D eigenvalue weighted by Crippen LogP contribution is 2.52. The third-order valence-corrected chi connectivity index (χ3v) is 5.46. The third-order valence-electron chi connectivity index (χ3n) is 5.46. The summed E-state index contributed by atoms with van der Waals surface area (Å²) < 4.78 is 204. The van der Waals surface area contributed by atoms with Crippen molar-refractivity contribution in [2.75, 3.05) is 0 Å². The van der Waals surface area contributed by atoms with Crippen LogP contribution in [0.3, 0.4) is 0 Å². The predicted octanol–water partition coefficient (Wildman–Crippen LogP) is 6.73. The molecule has 0 rings (SSSR count). The molecule has 0 bridgehead atoms. The maximum absolute atomic E-state index is 14.2. The summed E-state index contributed by atoms with van der Waals surface area (Å²) in [4.78, 5) is 0. The van der Waals surface area contributed by atoms with Gasteiger partial charge >= 0.3 is 30.9 Å². The van der Waals surface area contributed by atoms with Crippen molar-refractivity contribution in [2.45, 2.75) is 49.0 Å². The molecule has 0 aliphatic carbocycles. The quantitative estimate of drug-likeness (QED) is 0.166. The fourth-order valence-electron chi connectivity index (χ4n) is 3.37. The van der Waals surface area contributed by atoms with E-state index in [9.17, 15) is 76.1 Å². The molecule has 0 aliphatic heterocycles. The van der Waals surface area contributed by atoms with Crippen LogP contribution in [-0.4, -0.2) is 52.3 Å². The second-order valence-corrected chi connectivity index (χ2v) is 8.25. The molecule has 240 valence electrons. The maximum Gasteiger partial charge on any atom is 0.430 e. The number of rotatable bonds is 9. The van der Waals surface area contributed by atoms with E-state index >= 15 is 0 Å². The average molecular weight is 642 g/mol. The first-order chi connectivity index (χ1) is 18.4. The van der Waals surface area contributed by atoms with Gasteiger partial charge in [-0.1, -0.05) is 31.9 Å². The molecule has 0 fully saturated rings. The van der Waals surface area contributed by atoms with E-state index in [1.165, 1.54) is 0 Å². The number of nitrogens with two attached hydrogens (primary N) is 2. The second kappa shape index (κ2) is 12.1. The molecular formula is C23H21F15N2O2. The Kier molecular flexibility index (Phi) is 11.1. The number of halogens is 15. The topological polar surface area (TPSA) is 92.5 Å². The summed E-state index contributed by atoms with van der Waals surface area (Å²) >= 11 is 0. The zero-order valence-corrected chi connectivity index (χ0v) is 20.8. The van der Waals surface area contributed by atoms with Gasteiger partial charge in [0.05, 0.1) is 0 Å². The molecule has 0 radical (unpaired) electrons. The summed E-state index contributed by atoms with van der Waals surface area (Å²) in [6.45, 7) is 8.66. The summed E-state index contributed by atoms with van der Waals surface area (Å²) in [5.41, 5.74) is -13.6. The van der Waals surface area contributed by atoms with Crippen molar-refractivity contribution in [1.82, 2.24) is 0 Å². The second-order valence-electron chi connectivity index (χ2n) is 8.25. The summed E-state index contributed by atoms with van der Waals surface area (Å²) in [5, 5.41) is 19.4. The minimum absolute atomic E-state index is 0.0627. The monoisotopic (exact) mass is 642 g/mol. The van der Waals surface area contributed by atoms with Gasteiger partial charge in [-0.05, 0) is 36.3 Å². The number of hydrogen-bond acceptors (Lipinski definition) is 4. The normalized spacial score (nSPS) is 17.3. The smallest absolute Gasteiger partial charge is 0.402 e. The summed E-state index contributed by atoms with van der Waals surface area (Å²) in [5.74, 6) is -3.70. The molecule has 0 heterocycles. The lowest BCUT2D eigenvalue weighted by atomic mass is 9.81. The SMILES string of the molecule is C=C/C(N)=C(\C=C(/C=C)C(/C(C=C)=C/C(=C(\C)N)C(O)(C(F)(F)F)C(F)(F)F)C(F)(F)F)C(O)(C(F)(F)F)C(F)(F)F. The van der Waals surface area contributed by atoms with Gasteiger partial charge in [0.25, 0.3) is 11.2 Å². The number of hydrogen-bond donors (Lipinski definition) is 4. The van der Waals surface area contributed by atoms with Gasteiger partial charge in [-0.25, -0.2) is 0 Å². The van der Waals surface area contributed by atoms with Gasteiger partial charge in [0.1, 0.15) is 5.92 Å².